The summed E-state index contributed by atoms with van der Waals surface area (Å²) in [5, 5.41) is 9.78. The molecule has 0 radical (unpaired) electrons. The van der Waals surface area contributed by atoms with E-state index >= 15 is 0 Å². The highest BCUT2D eigenvalue weighted by atomic mass is 32.2. The van der Waals surface area contributed by atoms with Crippen LogP contribution in [0.4, 0.5) is 0 Å². The molecule has 1 rings (SSSR count). The number of aromatic nitrogens is 2. The molecular weight excluding hydrogens is 220 g/mol. The van der Waals surface area contributed by atoms with Crippen molar-refractivity contribution in [2.24, 2.45) is 5.92 Å². The van der Waals surface area contributed by atoms with E-state index in [0.717, 1.165) is 22.3 Å². The van der Waals surface area contributed by atoms with Crippen LogP contribution in [-0.4, -0.2) is 27.4 Å². The van der Waals surface area contributed by atoms with Gasteiger partial charge in [-0.15, -0.1) is 0 Å². The molecule has 0 saturated heterocycles. The quantitative estimate of drug-likeness (QED) is 0.635. The first-order chi connectivity index (χ1) is 7.52. The minimum Gasteiger partial charge on any atom is -0.396 e. The molecule has 1 N–H and O–H groups in total. The second-order valence-corrected chi connectivity index (χ2v) is 5.46. The van der Waals surface area contributed by atoms with Gasteiger partial charge in [0.15, 0.2) is 5.16 Å². The molecule has 1 heterocycles. The van der Waals surface area contributed by atoms with Crippen molar-refractivity contribution >= 4 is 11.8 Å². The van der Waals surface area contributed by atoms with Crippen LogP contribution in [0.1, 0.15) is 38.1 Å². The topological polar surface area (TPSA) is 46.0 Å². The van der Waals surface area contributed by atoms with Gasteiger partial charge < -0.3 is 5.11 Å². The third-order valence-electron chi connectivity index (χ3n) is 2.25. The van der Waals surface area contributed by atoms with Gasteiger partial charge in [0.25, 0.3) is 0 Å². The van der Waals surface area contributed by atoms with Crippen molar-refractivity contribution in [3.63, 3.8) is 0 Å². The second kappa shape index (κ2) is 6.21. The predicted octanol–water partition coefficient (Wildman–Crippen LogP) is 2.63. The number of aryl methyl sites for hydroxylation is 1. The Morgan fingerprint density at radius 3 is 2.56 bits per heavy atom. The maximum Gasteiger partial charge on any atom is 0.188 e. The lowest BCUT2D eigenvalue weighted by atomic mass is 10.1. The molecule has 1 unspecified atom stereocenters. The Bertz CT molecular complexity index is 342. The number of nitrogens with zero attached hydrogens (tertiary/aromatic N) is 2. The molecule has 1 aromatic heterocycles. The van der Waals surface area contributed by atoms with Gasteiger partial charge in [-0.25, -0.2) is 9.97 Å². The number of rotatable bonds is 5. The molecule has 0 spiro atoms. The van der Waals surface area contributed by atoms with E-state index in [0.29, 0.717) is 5.92 Å². The summed E-state index contributed by atoms with van der Waals surface area (Å²) in [7, 11) is 0. The summed E-state index contributed by atoms with van der Waals surface area (Å²) >= 11 is 1.62. The van der Waals surface area contributed by atoms with Gasteiger partial charge in [0.1, 0.15) is 0 Å². The minimum absolute atomic E-state index is 0.218. The number of hydrogen-bond donors (Lipinski definition) is 1. The van der Waals surface area contributed by atoms with Crippen LogP contribution in [-0.2, 0) is 0 Å². The molecule has 0 aliphatic heterocycles. The average Bonchev–Trinajstić information content (AvgIpc) is 2.25. The molecule has 0 bridgehead atoms. The van der Waals surface area contributed by atoms with Gasteiger partial charge in [-0.2, -0.15) is 0 Å². The lowest BCUT2D eigenvalue weighted by molar-refractivity contribution is 0.250. The fourth-order valence-corrected chi connectivity index (χ4v) is 2.11. The van der Waals surface area contributed by atoms with Crippen LogP contribution in [0.25, 0.3) is 0 Å². The Morgan fingerprint density at radius 1 is 1.31 bits per heavy atom. The molecule has 0 aromatic carbocycles. The lowest BCUT2D eigenvalue weighted by Gasteiger charge is -2.09. The third-order valence-corrected chi connectivity index (χ3v) is 3.43. The van der Waals surface area contributed by atoms with Crippen molar-refractivity contribution in [3.05, 3.63) is 17.5 Å². The minimum atomic E-state index is 0.218. The van der Waals surface area contributed by atoms with Gasteiger partial charge in [-0.3, -0.25) is 0 Å². The summed E-state index contributed by atoms with van der Waals surface area (Å²) in [5.74, 6) is 1.57. The highest BCUT2D eigenvalue weighted by Gasteiger charge is 2.08. The highest BCUT2D eigenvalue weighted by Crippen LogP contribution is 2.20. The van der Waals surface area contributed by atoms with E-state index in [1.54, 1.807) is 11.8 Å². The monoisotopic (exact) mass is 240 g/mol. The zero-order chi connectivity index (χ0) is 12.1. The second-order valence-electron chi connectivity index (χ2n) is 4.47. The number of aliphatic hydroxyl groups excluding tert-OH is 1. The van der Waals surface area contributed by atoms with Gasteiger partial charge in [-0.05, 0) is 24.8 Å². The van der Waals surface area contributed by atoms with Crippen LogP contribution in [0, 0.1) is 12.8 Å². The zero-order valence-electron chi connectivity index (χ0n) is 10.4. The van der Waals surface area contributed by atoms with Crippen LogP contribution in [0.15, 0.2) is 11.2 Å². The normalized spacial score (nSPS) is 13.1. The standard InChI is InChI=1S/C12H20N2OS/c1-8(2)11-5-10(4)13-12(14-11)16-7-9(3)6-15/h5,8-9,15H,6-7H2,1-4H3. The maximum absolute atomic E-state index is 8.96. The Labute approximate surface area is 102 Å². The van der Waals surface area contributed by atoms with E-state index in [1.165, 1.54) is 0 Å². The zero-order valence-corrected chi connectivity index (χ0v) is 11.2. The molecule has 0 amide bonds. The first-order valence-corrected chi connectivity index (χ1v) is 6.60. The highest BCUT2D eigenvalue weighted by molar-refractivity contribution is 7.99. The van der Waals surface area contributed by atoms with E-state index in [1.807, 2.05) is 19.9 Å². The molecule has 0 fully saturated rings. The van der Waals surface area contributed by atoms with Crippen LogP contribution >= 0.6 is 11.8 Å². The van der Waals surface area contributed by atoms with Crippen LogP contribution in [0.5, 0.6) is 0 Å². The van der Waals surface area contributed by atoms with Crippen LogP contribution in [0.2, 0.25) is 0 Å². The van der Waals surface area contributed by atoms with Gasteiger partial charge in [0.2, 0.25) is 0 Å². The van der Waals surface area contributed by atoms with E-state index in [4.69, 9.17) is 5.11 Å². The van der Waals surface area contributed by atoms with Crippen molar-refractivity contribution in [2.45, 2.75) is 38.8 Å². The Morgan fingerprint density at radius 2 is 2.00 bits per heavy atom. The Balaban J connectivity index is 2.72. The summed E-state index contributed by atoms with van der Waals surface area (Å²) in [5.41, 5.74) is 2.10. The van der Waals surface area contributed by atoms with Crippen molar-refractivity contribution in [1.29, 1.82) is 0 Å². The predicted molar refractivity (Wildman–Crippen MR) is 67.8 cm³/mol. The number of aliphatic hydroxyl groups is 1. The largest absolute Gasteiger partial charge is 0.396 e. The van der Waals surface area contributed by atoms with Gasteiger partial charge in [0.05, 0.1) is 0 Å². The van der Waals surface area contributed by atoms with Crippen LogP contribution < -0.4 is 0 Å². The molecule has 90 valence electrons. The Hall–Kier alpha value is -0.610. The van der Waals surface area contributed by atoms with Gasteiger partial charge >= 0.3 is 0 Å². The molecule has 16 heavy (non-hydrogen) atoms. The smallest absolute Gasteiger partial charge is 0.188 e. The molecular formula is C12H20N2OS. The fraction of sp³-hybridized carbons (Fsp3) is 0.667. The van der Waals surface area contributed by atoms with E-state index in [9.17, 15) is 0 Å². The van der Waals surface area contributed by atoms with E-state index < -0.39 is 0 Å². The molecule has 1 atom stereocenters. The maximum atomic E-state index is 8.96. The lowest BCUT2D eigenvalue weighted by Crippen LogP contribution is -2.05. The SMILES string of the molecule is Cc1cc(C(C)C)nc(SCC(C)CO)n1. The summed E-state index contributed by atoms with van der Waals surface area (Å²) in [4.78, 5) is 8.90. The average molecular weight is 240 g/mol. The van der Waals surface area contributed by atoms with Crippen molar-refractivity contribution < 1.29 is 5.11 Å². The number of hydrogen-bond acceptors (Lipinski definition) is 4. The summed E-state index contributed by atoms with van der Waals surface area (Å²) in [6.07, 6.45) is 0. The molecule has 0 aliphatic rings. The Kier molecular flexibility index (Phi) is 5.22. The summed E-state index contributed by atoms with van der Waals surface area (Å²) in [6.45, 7) is 8.49. The van der Waals surface area contributed by atoms with Gasteiger partial charge in [-0.1, -0.05) is 32.5 Å². The fourth-order valence-electron chi connectivity index (χ4n) is 1.19. The van der Waals surface area contributed by atoms with Crippen molar-refractivity contribution in [3.8, 4) is 0 Å². The first-order valence-electron chi connectivity index (χ1n) is 5.62. The first kappa shape index (κ1) is 13.5. The van der Waals surface area contributed by atoms with Crippen LogP contribution in [0.3, 0.4) is 0 Å². The van der Waals surface area contributed by atoms with Crippen molar-refractivity contribution in [2.75, 3.05) is 12.4 Å². The molecule has 1 aromatic rings. The summed E-state index contributed by atoms with van der Waals surface area (Å²) in [6, 6.07) is 2.03. The third kappa shape index (κ3) is 4.10. The van der Waals surface area contributed by atoms with E-state index in [-0.39, 0.29) is 12.5 Å². The number of thioether (sulfide) groups is 1. The van der Waals surface area contributed by atoms with Crippen molar-refractivity contribution in [1.82, 2.24) is 9.97 Å². The summed E-state index contributed by atoms with van der Waals surface area (Å²) < 4.78 is 0. The molecule has 0 saturated carbocycles. The van der Waals surface area contributed by atoms with E-state index in [2.05, 4.69) is 23.8 Å². The molecule has 0 aliphatic carbocycles. The molecule has 3 nitrogen and oxygen atoms in total. The molecule has 4 heteroatoms. The van der Waals surface area contributed by atoms with Gasteiger partial charge in [0, 0.05) is 23.7 Å².